The van der Waals surface area contributed by atoms with Gasteiger partial charge in [0.1, 0.15) is 11.5 Å². The molecular formula is C18H18N4O4. The first-order chi connectivity index (χ1) is 12.4. The van der Waals surface area contributed by atoms with Crippen LogP contribution in [0.1, 0.15) is 25.0 Å². The molecule has 0 aliphatic heterocycles. The standard InChI is InChI=1S/C18H18N4O4/c1-11(13-7-3-5-9-15(13)23)19-21-17(25)18(26)22-20-12(2)14-8-4-6-10-16(14)24/h3-10,23-24H,1-2H3,(H,21,25)(H,22,26). The summed E-state index contributed by atoms with van der Waals surface area (Å²) < 4.78 is 0. The highest BCUT2D eigenvalue weighted by molar-refractivity contribution is 6.35. The topological polar surface area (TPSA) is 123 Å². The molecule has 0 unspecified atom stereocenters. The Morgan fingerprint density at radius 1 is 0.731 bits per heavy atom. The van der Waals surface area contributed by atoms with Gasteiger partial charge in [-0.15, -0.1) is 0 Å². The van der Waals surface area contributed by atoms with E-state index in [9.17, 15) is 19.8 Å². The number of carbonyl (C=O) groups excluding carboxylic acids is 2. The molecule has 0 radical (unpaired) electrons. The number of hydrogen-bond donors (Lipinski definition) is 4. The maximum absolute atomic E-state index is 11.8. The fraction of sp³-hybridized carbons (Fsp3) is 0.111. The minimum Gasteiger partial charge on any atom is -0.507 e. The number of aromatic hydroxyl groups is 2. The molecule has 4 N–H and O–H groups in total. The Morgan fingerprint density at radius 3 is 1.42 bits per heavy atom. The highest BCUT2D eigenvalue weighted by Gasteiger charge is 2.13. The molecule has 134 valence electrons. The van der Waals surface area contributed by atoms with Crippen molar-refractivity contribution in [3.8, 4) is 11.5 Å². The van der Waals surface area contributed by atoms with Crippen LogP contribution in [-0.2, 0) is 9.59 Å². The Morgan fingerprint density at radius 2 is 1.08 bits per heavy atom. The number of amides is 2. The molecule has 0 aliphatic rings. The Labute approximate surface area is 149 Å². The molecule has 8 nitrogen and oxygen atoms in total. The third kappa shape index (κ3) is 4.67. The van der Waals surface area contributed by atoms with Crippen molar-refractivity contribution in [2.75, 3.05) is 0 Å². The molecular weight excluding hydrogens is 336 g/mol. The van der Waals surface area contributed by atoms with Crippen LogP contribution in [-0.4, -0.2) is 33.5 Å². The number of hydrazone groups is 2. The first-order valence-electron chi connectivity index (χ1n) is 7.65. The van der Waals surface area contributed by atoms with E-state index in [0.717, 1.165) is 0 Å². The van der Waals surface area contributed by atoms with Crippen LogP contribution in [0.5, 0.6) is 11.5 Å². The summed E-state index contributed by atoms with van der Waals surface area (Å²) >= 11 is 0. The molecule has 0 heterocycles. The predicted octanol–water partition coefficient (Wildman–Crippen LogP) is 1.48. The van der Waals surface area contributed by atoms with Crippen molar-refractivity contribution in [2.24, 2.45) is 10.2 Å². The number of rotatable bonds is 4. The average Bonchev–Trinajstić information content (AvgIpc) is 2.64. The molecule has 2 rings (SSSR count). The molecule has 26 heavy (non-hydrogen) atoms. The zero-order valence-corrected chi connectivity index (χ0v) is 14.2. The van der Waals surface area contributed by atoms with Gasteiger partial charge in [-0.1, -0.05) is 24.3 Å². The molecule has 2 aromatic carbocycles. The summed E-state index contributed by atoms with van der Waals surface area (Å²) in [6.07, 6.45) is 0. The highest BCUT2D eigenvalue weighted by atomic mass is 16.3. The van der Waals surface area contributed by atoms with Gasteiger partial charge in [-0.3, -0.25) is 9.59 Å². The molecule has 8 heteroatoms. The van der Waals surface area contributed by atoms with Crippen molar-refractivity contribution in [1.29, 1.82) is 0 Å². The van der Waals surface area contributed by atoms with Gasteiger partial charge in [0.25, 0.3) is 0 Å². The van der Waals surface area contributed by atoms with Gasteiger partial charge in [0, 0.05) is 11.1 Å². The van der Waals surface area contributed by atoms with Crippen LogP contribution < -0.4 is 10.9 Å². The van der Waals surface area contributed by atoms with Crippen molar-refractivity contribution >= 4 is 23.2 Å². The van der Waals surface area contributed by atoms with Crippen LogP contribution in [0.2, 0.25) is 0 Å². The third-order valence-corrected chi connectivity index (χ3v) is 3.44. The molecule has 2 aromatic rings. The number of nitrogens with one attached hydrogen (secondary N) is 2. The van der Waals surface area contributed by atoms with E-state index in [0.29, 0.717) is 22.6 Å². The number of carbonyl (C=O) groups is 2. The van der Waals surface area contributed by atoms with Crippen molar-refractivity contribution < 1.29 is 19.8 Å². The maximum Gasteiger partial charge on any atom is 0.331 e. The van der Waals surface area contributed by atoms with Gasteiger partial charge in [-0.05, 0) is 38.1 Å². The summed E-state index contributed by atoms with van der Waals surface area (Å²) in [5, 5.41) is 27.0. The van der Waals surface area contributed by atoms with Crippen molar-refractivity contribution in [3.05, 3.63) is 59.7 Å². The summed E-state index contributed by atoms with van der Waals surface area (Å²) in [4.78, 5) is 23.5. The molecule has 0 atom stereocenters. The third-order valence-electron chi connectivity index (χ3n) is 3.44. The molecule has 0 saturated heterocycles. The van der Waals surface area contributed by atoms with Crippen molar-refractivity contribution in [2.45, 2.75) is 13.8 Å². The average molecular weight is 354 g/mol. The van der Waals surface area contributed by atoms with E-state index in [1.54, 1.807) is 50.2 Å². The molecule has 0 fully saturated rings. The van der Waals surface area contributed by atoms with Crippen LogP contribution in [0.25, 0.3) is 0 Å². The van der Waals surface area contributed by atoms with Crippen molar-refractivity contribution in [3.63, 3.8) is 0 Å². The van der Waals surface area contributed by atoms with Gasteiger partial charge in [-0.2, -0.15) is 10.2 Å². The van der Waals surface area contributed by atoms with E-state index < -0.39 is 11.8 Å². The lowest BCUT2D eigenvalue weighted by atomic mass is 10.1. The van der Waals surface area contributed by atoms with E-state index in [1.165, 1.54) is 12.1 Å². The predicted molar refractivity (Wildman–Crippen MR) is 96.9 cm³/mol. The Bertz CT molecular complexity index is 817. The summed E-state index contributed by atoms with van der Waals surface area (Å²) in [6.45, 7) is 3.15. The van der Waals surface area contributed by atoms with E-state index in [4.69, 9.17) is 0 Å². The quantitative estimate of drug-likeness (QED) is 0.377. The van der Waals surface area contributed by atoms with E-state index in [1.807, 2.05) is 0 Å². The second-order valence-electron chi connectivity index (χ2n) is 5.31. The lowest BCUT2D eigenvalue weighted by Gasteiger charge is -2.05. The number of phenolic OH excluding ortho intramolecular Hbond substituents is 2. The molecule has 0 aliphatic carbocycles. The first kappa shape index (κ1) is 18.7. The number of phenols is 2. The monoisotopic (exact) mass is 354 g/mol. The lowest BCUT2D eigenvalue weighted by molar-refractivity contribution is -0.139. The number of benzene rings is 2. The minimum atomic E-state index is -1.02. The van der Waals surface area contributed by atoms with Crippen LogP contribution >= 0.6 is 0 Å². The van der Waals surface area contributed by atoms with Crippen LogP contribution in [0.15, 0.2) is 58.7 Å². The van der Waals surface area contributed by atoms with Gasteiger partial charge in [0.15, 0.2) is 0 Å². The molecule has 0 spiro atoms. The number of para-hydroxylation sites is 2. The zero-order chi connectivity index (χ0) is 19.1. The Balaban J connectivity index is 1.99. The van der Waals surface area contributed by atoms with Gasteiger partial charge >= 0.3 is 11.8 Å². The van der Waals surface area contributed by atoms with Gasteiger partial charge in [0.2, 0.25) is 0 Å². The Hall–Kier alpha value is -3.68. The fourth-order valence-corrected chi connectivity index (χ4v) is 2.05. The number of hydrogen-bond acceptors (Lipinski definition) is 6. The second-order valence-corrected chi connectivity index (χ2v) is 5.31. The first-order valence-corrected chi connectivity index (χ1v) is 7.65. The van der Waals surface area contributed by atoms with Gasteiger partial charge in [0.05, 0.1) is 11.4 Å². The van der Waals surface area contributed by atoms with Crippen LogP contribution in [0, 0.1) is 0 Å². The summed E-state index contributed by atoms with van der Waals surface area (Å²) in [7, 11) is 0. The summed E-state index contributed by atoms with van der Waals surface area (Å²) in [5.74, 6) is -2.02. The van der Waals surface area contributed by atoms with Gasteiger partial charge < -0.3 is 10.2 Å². The van der Waals surface area contributed by atoms with Gasteiger partial charge in [-0.25, -0.2) is 10.9 Å². The van der Waals surface area contributed by atoms with E-state index in [2.05, 4.69) is 21.1 Å². The van der Waals surface area contributed by atoms with E-state index >= 15 is 0 Å². The minimum absolute atomic E-state index is 0.00958. The molecule has 2 amide bonds. The smallest absolute Gasteiger partial charge is 0.331 e. The second kappa shape index (κ2) is 8.43. The summed E-state index contributed by atoms with van der Waals surface area (Å²) in [5.41, 5.74) is 5.71. The van der Waals surface area contributed by atoms with Crippen LogP contribution in [0.4, 0.5) is 0 Å². The van der Waals surface area contributed by atoms with E-state index in [-0.39, 0.29) is 11.5 Å². The highest BCUT2D eigenvalue weighted by Crippen LogP contribution is 2.16. The summed E-state index contributed by atoms with van der Waals surface area (Å²) in [6, 6.07) is 12.9. The zero-order valence-electron chi connectivity index (χ0n) is 14.2. The molecule has 0 saturated carbocycles. The molecule has 0 bridgehead atoms. The number of nitrogens with zero attached hydrogens (tertiary/aromatic N) is 2. The Kier molecular flexibility index (Phi) is 6.05. The largest absolute Gasteiger partial charge is 0.507 e. The SMILES string of the molecule is CC(=NNC(=O)C(=O)NN=C(C)c1ccccc1O)c1ccccc1O. The maximum atomic E-state index is 11.8. The van der Waals surface area contributed by atoms with Crippen molar-refractivity contribution in [1.82, 2.24) is 10.9 Å². The molecule has 0 aromatic heterocycles. The van der Waals surface area contributed by atoms with Crippen LogP contribution in [0.3, 0.4) is 0 Å². The normalized spacial score (nSPS) is 11.8. The fourth-order valence-electron chi connectivity index (χ4n) is 2.05. The lowest BCUT2D eigenvalue weighted by Crippen LogP contribution is -2.36.